The predicted molar refractivity (Wildman–Crippen MR) is 88.9 cm³/mol. The van der Waals surface area contributed by atoms with Crippen molar-refractivity contribution in [3.63, 3.8) is 0 Å². The lowest BCUT2D eigenvalue weighted by Gasteiger charge is -2.20. The first kappa shape index (κ1) is 18.4. The number of fused-ring (bicyclic) bond motifs is 1. The first-order valence-corrected chi connectivity index (χ1v) is 7.95. The summed E-state index contributed by atoms with van der Waals surface area (Å²) >= 11 is 11.5. The van der Waals surface area contributed by atoms with Crippen LogP contribution >= 0.6 is 23.2 Å². The molecule has 2 aromatic carbocycles. The SMILES string of the molecule is O=C(OCc1cc([N+](=O)[O-])cc2c1OCOC2)c1cc(F)c(Cl)cc1Cl. The number of nitro groups is 1. The lowest BCUT2D eigenvalue weighted by Crippen LogP contribution is -2.15. The van der Waals surface area contributed by atoms with E-state index in [4.69, 9.17) is 37.4 Å². The second-order valence-corrected chi connectivity index (χ2v) is 6.10. The molecule has 0 bridgehead atoms. The van der Waals surface area contributed by atoms with Gasteiger partial charge in [-0.05, 0) is 12.1 Å². The van der Waals surface area contributed by atoms with Crippen LogP contribution in [-0.2, 0) is 22.7 Å². The van der Waals surface area contributed by atoms with Crippen LogP contribution in [-0.4, -0.2) is 17.7 Å². The van der Waals surface area contributed by atoms with Crippen molar-refractivity contribution < 1.29 is 28.3 Å². The Morgan fingerprint density at radius 1 is 1.27 bits per heavy atom. The smallest absolute Gasteiger partial charge is 0.340 e. The molecule has 0 unspecified atom stereocenters. The summed E-state index contributed by atoms with van der Waals surface area (Å²) in [7, 11) is 0. The number of carbonyl (C=O) groups excluding carboxylic acids is 1. The van der Waals surface area contributed by atoms with Crippen LogP contribution in [0, 0.1) is 15.9 Å². The van der Waals surface area contributed by atoms with Crippen molar-refractivity contribution in [3.8, 4) is 5.75 Å². The van der Waals surface area contributed by atoms with Crippen LogP contribution in [0.5, 0.6) is 5.75 Å². The highest BCUT2D eigenvalue weighted by Crippen LogP contribution is 2.33. The summed E-state index contributed by atoms with van der Waals surface area (Å²) < 4.78 is 29.1. The van der Waals surface area contributed by atoms with Gasteiger partial charge in [-0.2, -0.15) is 0 Å². The monoisotopic (exact) mass is 401 g/mol. The maximum atomic E-state index is 13.5. The maximum absolute atomic E-state index is 13.5. The molecule has 136 valence electrons. The Morgan fingerprint density at radius 2 is 2.04 bits per heavy atom. The standard InChI is InChI=1S/C16H10Cl2FNO6/c17-12-4-13(18)14(19)3-11(12)16(21)25-6-9-2-10(20(22)23)1-8-5-24-7-26-15(8)9/h1-4H,5-7H2. The van der Waals surface area contributed by atoms with E-state index in [1.54, 1.807) is 0 Å². The number of benzene rings is 2. The number of ether oxygens (including phenoxy) is 3. The van der Waals surface area contributed by atoms with Crippen molar-refractivity contribution in [1.29, 1.82) is 0 Å². The van der Waals surface area contributed by atoms with Gasteiger partial charge in [0, 0.05) is 23.3 Å². The molecule has 26 heavy (non-hydrogen) atoms. The number of non-ortho nitro benzene ring substituents is 1. The van der Waals surface area contributed by atoms with Gasteiger partial charge in [0.05, 0.1) is 27.1 Å². The molecule has 0 saturated carbocycles. The summed E-state index contributed by atoms with van der Waals surface area (Å²) in [4.78, 5) is 22.7. The van der Waals surface area contributed by atoms with Gasteiger partial charge in [-0.25, -0.2) is 9.18 Å². The van der Waals surface area contributed by atoms with E-state index < -0.39 is 16.7 Å². The number of hydrogen-bond donors (Lipinski definition) is 0. The highest BCUT2D eigenvalue weighted by atomic mass is 35.5. The molecule has 7 nitrogen and oxygen atoms in total. The third-order valence-corrected chi connectivity index (χ3v) is 4.17. The number of carbonyl (C=O) groups is 1. The molecule has 10 heteroatoms. The van der Waals surface area contributed by atoms with Gasteiger partial charge in [-0.3, -0.25) is 10.1 Å². The van der Waals surface area contributed by atoms with Gasteiger partial charge < -0.3 is 14.2 Å². The molecule has 1 heterocycles. The van der Waals surface area contributed by atoms with E-state index in [0.717, 1.165) is 12.1 Å². The zero-order chi connectivity index (χ0) is 18.8. The van der Waals surface area contributed by atoms with Crippen molar-refractivity contribution in [2.24, 2.45) is 0 Å². The zero-order valence-electron chi connectivity index (χ0n) is 13.0. The number of rotatable bonds is 4. The van der Waals surface area contributed by atoms with Gasteiger partial charge in [0.2, 0.25) is 0 Å². The molecule has 0 radical (unpaired) electrons. The highest BCUT2D eigenvalue weighted by Gasteiger charge is 2.23. The molecule has 0 spiro atoms. The van der Waals surface area contributed by atoms with Crippen molar-refractivity contribution in [3.05, 3.63) is 66.9 Å². The van der Waals surface area contributed by atoms with E-state index in [2.05, 4.69) is 0 Å². The average Bonchev–Trinajstić information content (AvgIpc) is 2.62. The molecule has 3 rings (SSSR count). The van der Waals surface area contributed by atoms with Crippen molar-refractivity contribution >= 4 is 34.9 Å². The molecule has 0 aromatic heterocycles. The normalized spacial score (nSPS) is 12.9. The predicted octanol–water partition coefficient (Wildman–Crippen LogP) is 4.26. The Bertz CT molecular complexity index is 905. The van der Waals surface area contributed by atoms with E-state index in [1.165, 1.54) is 12.1 Å². The van der Waals surface area contributed by atoms with Crippen LogP contribution in [0.3, 0.4) is 0 Å². The van der Waals surface area contributed by atoms with E-state index in [1.807, 2.05) is 0 Å². The Hall–Kier alpha value is -2.42. The van der Waals surface area contributed by atoms with Gasteiger partial charge >= 0.3 is 5.97 Å². The van der Waals surface area contributed by atoms with Gasteiger partial charge in [0.1, 0.15) is 18.2 Å². The average molecular weight is 402 g/mol. The molecule has 1 aliphatic heterocycles. The molecule has 2 aromatic rings. The lowest BCUT2D eigenvalue weighted by atomic mass is 10.1. The fourth-order valence-corrected chi connectivity index (χ4v) is 2.85. The van der Waals surface area contributed by atoms with Crippen LogP contribution in [0.15, 0.2) is 24.3 Å². The molecule has 0 fully saturated rings. The fraction of sp³-hybridized carbons (Fsp3) is 0.188. The zero-order valence-corrected chi connectivity index (χ0v) is 14.5. The Labute approximate surface area is 156 Å². The third-order valence-electron chi connectivity index (χ3n) is 3.57. The first-order valence-electron chi connectivity index (χ1n) is 7.19. The van der Waals surface area contributed by atoms with Crippen molar-refractivity contribution in [1.82, 2.24) is 0 Å². The minimum atomic E-state index is -0.905. The Balaban J connectivity index is 1.85. The van der Waals surface area contributed by atoms with Crippen LogP contribution < -0.4 is 4.74 Å². The summed E-state index contributed by atoms with van der Waals surface area (Å²) in [5.74, 6) is -1.38. The lowest BCUT2D eigenvalue weighted by molar-refractivity contribution is -0.385. The van der Waals surface area contributed by atoms with E-state index in [9.17, 15) is 19.3 Å². The minimum absolute atomic E-state index is 0.0278. The number of nitro benzene ring substituents is 1. The van der Waals surface area contributed by atoms with Crippen LogP contribution in [0.25, 0.3) is 0 Å². The first-order chi connectivity index (χ1) is 12.4. The summed E-state index contributed by atoms with van der Waals surface area (Å²) in [6.07, 6.45) is 0. The molecular formula is C16H10Cl2FNO6. The van der Waals surface area contributed by atoms with Crippen LogP contribution in [0.1, 0.15) is 21.5 Å². The number of nitrogens with zero attached hydrogens (tertiary/aromatic N) is 1. The summed E-state index contributed by atoms with van der Waals surface area (Å²) in [6, 6.07) is 4.51. The molecule has 0 aliphatic carbocycles. The Kier molecular flexibility index (Phi) is 5.26. The number of esters is 1. The molecular weight excluding hydrogens is 392 g/mol. The van der Waals surface area contributed by atoms with Crippen molar-refractivity contribution in [2.45, 2.75) is 13.2 Å². The number of halogens is 3. The maximum Gasteiger partial charge on any atom is 0.340 e. The number of hydrogen-bond acceptors (Lipinski definition) is 6. The molecule has 0 amide bonds. The second kappa shape index (κ2) is 7.45. The quantitative estimate of drug-likeness (QED) is 0.329. The topological polar surface area (TPSA) is 87.9 Å². The summed E-state index contributed by atoms with van der Waals surface area (Å²) in [6.45, 7) is -0.227. The third kappa shape index (κ3) is 3.72. The van der Waals surface area contributed by atoms with Crippen LogP contribution in [0.2, 0.25) is 10.0 Å². The largest absolute Gasteiger partial charge is 0.467 e. The molecule has 1 aliphatic rings. The van der Waals surface area contributed by atoms with Gasteiger partial charge in [-0.1, -0.05) is 23.2 Å². The van der Waals surface area contributed by atoms with E-state index in [0.29, 0.717) is 11.3 Å². The minimum Gasteiger partial charge on any atom is -0.467 e. The Morgan fingerprint density at radius 3 is 2.77 bits per heavy atom. The molecule has 0 N–H and O–H groups in total. The van der Waals surface area contributed by atoms with E-state index in [-0.39, 0.29) is 46.9 Å². The van der Waals surface area contributed by atoms with E-state index >= 15 is 0 Å². The molecule has 0 atom stereocenters. The van der Waals surface area contributed by atoms with Crippen LogP contribution in [0.4, 0.5) is 10.1 Å². The molecule has 0 saturated heterocycles. The summed E-state index contributed by atoms with van der Waals surface area (Å²) in [5, 5.41) is 10.8. The van der Waals surface area contributed by atoms with Gasteiger partial charge in [0.15, 0.2) is 6.79 Å². The fourth-order valence-electron chi connectivity index (χ4n) is 2.39. The summed E-state index contributed by atoms with van der Waals surface area (Å²) in [5.41, 5.74) is 0.347. The van der Waals surface area contributed by atoms with Gasteiger partial charge in [-0.15, -0.1) is 0 Å². The van der Waals surface area contributed by atoms with Gasteiger partial charge in [0.25, 0.3) is 5.69 Å². The highest BCUT2D eigenvalue weighted by molar-refractivity contribution is 6.36. The second-order valence-electron chi connectivity index (χ2n) is 5.28. The van der Waals surface area contributed by atoms with Crippen molar-refractivity contribution in [2.75, 3.05) is 6.79 Å².